The summed E-state index contributed by atoms with van der Waals surface area (Å²) in [6, 6.07) is 13.5. The lowest BCUT2D eigenvalue weighted by Crippen LogP contribution is -2.47. The number of hydrogen-bond acceptors (Lipinski definition) is 3. The highest BCUT2D eigenvalue weighted by Gasteiger charge is 2.26. The van der Waals surface area contributed by atoms with Crippen LogP contribution in [0.5, 0.6) is 0 Å². The molecule has 0 aliphatic heterocycles. The molecule has 2 rings (SSSR count). The van der Waals surface area contributed by atoms with Crippen molar-refractivity contribution in [1.82, 2.24) is 5.32 Å². The predicted molar refractivity (Wildman–Crippen MR) is 120 cm³/mol. The van der Waals surface area contributed by atoms with Crippen molar-refractivity contribution >= 4 is 29.1 Å². The maximum Gasteiger partial charge on any atom is 0.252 e. The molecule has 2 aromatic rings. The van der Waals surface area contributed by atoms with E-state index in [-0.39, 0.29) is 23.6 Å². The van der Waals surface area contributed by atoms with Crippen LogP contribution in [0.3, 0.4) is 0 Å². The first-order chi connectivity index (χ1) is 14.0. The topological polar surface area (TPSA) is 87.3 Å². The van der Waals surface area contributed by atoms with Crippen molar-refractivity contribution in [3.05, 3.63) is 59.7 Å². The normalized spacial score (nSPS) is 12.2. The van der Waals surface area contributed by atoms with Crippen molar-refractivity contribution in [2.24, 2.45) is 11.3 Å². The summed E-state index contributed by atoms with van der Waals surface area (Å²) in [6.45, 7) is 11.1. The van der Waals surface area contributed by atoms with Gasteiger partial charge in [-0.1, -0.05) is 58.9 Å². The molecule has 0 saturated carbocycles. The number of nitrogens with one attached hydrogen (secondary N) is 3. The molecule has 30 heavy (non-hydrogen) atoms. The van der Waals surface area contributed by atoms with Gasteiger partial charge < -0.3 is 16.0 Å². The third-order valence-electron chi connectivity index (χ3n) is 4.69. The molecule has 1 atom stereocenters. The van der Waals surface area contributed by atoms with Crippen molar-refractivity contribution in [2.75, 3.05) is 10.6 Å². The summed E-state index contributed by atoms with van der Waals surface area (Å²) in [5.41, 5.74) is 2.00. The monoisotopic (exact) mass is 409 g/mol. The standard InChI is InChI=1S/C24H31N3O3/c1-15(2)20(27-21(28)19-13-8-7-10-16(19)3)22(29)25-17-11-9-12-18(14-17)26-23(30)24(4,5)6/h7-15,20H,1-6H3,(H,25,29)(H,26,30)(H,27,28). The fourth-order valence-electron chi connectivity index (χ4n) is 2.79. The second-order valence-electron chi connectivity index (χ2n) is 8.78. The Morgan fingerprint density at radius 2 is 1.47 bits per heavy atom. The van der Waals surface area contributed by atoms with Gasteiger partial charge in [0, 0.05) is 22.4 Å². The molecule has 6 heteroatoms. The summed E-state index contributed by atoms with van der Waals surface area (Å²) in [7, 11) is 0. The molecule has 0 fully saturated rings. The average molecular weight is 410 g/mol. The average Bonchev–Trinajstić information content (AvgIpc) is 2.65. The van der Waals surface area contributed by atoms with Gasteiger partial charge in [-0.25, -0.2) is 0 Å². The summed E-state index contributed by atoms with van der Waals surface area (Å²) in [6.07, 6.45) is 0. The van der Waals surface area contributed by atoms with E-state index in [0.717, 1.165) is 5.56 Å². The highest BCUT2D eigenvalue weighted by atomic mass is 16.2. The molecule has 0 spiro atoms. The first kappa shape index (κ1) is 23.1. The Morgan fingerprint density at radius 1 is 0.867 bits per heavy atom. The van der Waals surface area contributed by atoms with Gasteiger partial charge in [-0.05, 0) is 42.7 Å². The fourth-order valence-corrected chi connectivity index (χ4v) is 2.79. The smallest absolute Gasteiger partial charge is 0.252 e. The third kappa shape index (κ3) is 6.17. The number of aryl methyl sites for hydroxylation is 1. The molecule has 3 N–H and O–H groups in total. The summed E-state index contributed by atoms with van der Waals surface area (Å²) < 4.78 is 0. The van der Waals surface area contributed by atoms with Crippen molar-refractivity contribution < 1.29 is 14.4 Å². The lowest BCUT2D eigenvalue weighted by Gasteiger charge is -2.22. The highest BCUT2D eigenvalue weighted by molar-refractivity contribution is 6.02. The molecule has 3 amide bonds. The number of carbonyl (C=O) groups excluding carboxylic acids is 3. The van der Waals surface area contributed by atoms with Crippen molar-refractivity contribution in [3.63, 3.8) is 0 Å². The van der Waals surface area contributed by atoms with Crippen LogP contribution < -0.4 is 16.0 Å². The van der Waals surface area contributed by atoms with E-state index in [1.807, 2.05) is 53.7 Å². The van der Waals surface area contributed by atoms with Crippen LogP contribution in [0.1, 0.15) is 50.5 Å². The molecule has 0 heterocycles. The molecule has 0 aliphatic rings. The lowest BCUT2D eigenvalue weighted by atomic mass is 9.95. The van der Waals surface area contributed by atoms with Crippen LogP contribution in [-0.4, -0.2) is 23.8 Å². The van der Waals surface area contributed by atoms with Crippen LogP contribution in [0.2, 0.25) is 0 Å². The van der Waals surface area contributed by atoms with Crippen molar-refractivity contribution in [2.45, 2.75) is 47.6 Å². The minimum absolute atomic E-state index is 0.109. The lowest BCUT2D eigenvalue weighted by molar-refractivity contribution is -0.123. The van der Waals surface area contributed by atoms with E-state index < -0.39 is 11.5 Å². The first-order valence-corrected chi connectivity index (χ1v) is 10.1. The predicted octanol–water partition coefficient (Wildman–Crippen LogP) is 4.37. The summed E-state index contributed by atoms with van der Waals surface area (Å²) in [5, 5.41) is 8.53. The van der Waals surface area contributed by atoms with Crippen LogP contribution in [0, 0.1) is 18.3 Å². The van der Waals surface area contributed by atoms with Gasteiger partial charge >= 0.3 is 0 Å². The van der Waals surface area contributed by atoms with E-state index in [4.69, 9.17) is 0 Å². The second kappa shape index (κ2) is 9.57. The maximum atomic E-state index is 12.9. The number of amides is 3. The fraction of sp³-hybridized carbons (Fsp3) is 0.375. The number of anilines is 2. The first-order valence-electron chi connectivity index (χ1n) is 10.1. The number of hydrogen-bond donors (Lipinski definition) is 3. The minimum atomic E-state index is -0.704. The van der Waals surface area contributed by atoms with E-state index >= 15 is 0 Å². The zero-order valence-electron chi connectivity index (χ0n) is 18.5. The molecule has 0 radical (unpaired) electrons. The second-order valence-corrected chi connectivity index (χ2v) is 8.78. The van der Waals surface area contributed by atoms with Gasteiger partial charge in [0.05, 0.1) is 0 Å². The summed E-state index contributed by atoms with van der Waals surface area (Å²) >= 11 is 0. The SMILES string of the molecule is Cc1ccccc1C(=O)NC(C(=O)Nc1cccc(NC(=O)C(C)(C)C)c1)C(C)C. The number of benzene rings is 2. The highest BCUT2D eigenvalue weighted by Crippen LogP contribution is 2.20. The van der Waals surface area contributed by atoms with Gasteiger partial charge in [-0.2, -0.15) is 0 Å². The van der Waals surface area contributed by atoms with Crippen molar-refractivity contribution in [3.8, 4) is 0 Å². The Bertz CT molecular complexity index is 929. The van der Waals surface area contributed by atoms with E-state index in [2.05, 4.69) is 16.0 Å². The molecule has 0 aliphatic carbocycles. The van der Waals surface area contributed by atoms with Crippen LogP contribution >= 0.6 is 0 Å². The molecule has 6 nitrogen and oxygen atoms in total. The molecule has 0 aromatic heterocycles. The van der Waals surface area contributed by atoms with Gasteiger partial charge in [0.1, 0.15) is 6.04 Å². The quantitative estimate of drug-likeness (QED) is 0.662. The Kier molecular flexibility index (Phi) is 7.38. The van der Waals surface area contributed by atoms with Crippen molar-refractivity contribution in [1.29, 1.82) is 0 Å². The van der Waals surface area contributed by atoms with E-state index in [1.165, 1.54) is 0 Å². The Labute approximate surface area is 178 Å². The molecule has 0 bridgehead atoms. The molecule has 1 unspecified atom stereocenters. The Hall–Kier alpha value is -3.15. The largest absolute Gasteiger partial charge is 0.340 e. The van der Waals surface area contributed by atoms with Gasteiger partial charge in [-0.15, -0.1) is 0 Å². The maximum absolute atomic E-state index is 12.9. The van der Waals surface area contributed by atoms with Crippen LogP contribution in [0.15, 0.2) is 48.5 Å². The van der Waals surface area contributed by atoms with E-state index in [0.29, 0.717) is 16.9 Å². The summed E-state index contributed by atoms with van der Waals surface area (Å²) in [4.78, 5) is 37.8. The summed E-state index contributed by atoms with van der Waals surface area (Å²) in [5.74, 6) is -0.822. The van der Waals surface area contributed by atoms with E-state index in [1.54, 1.807) is 36.4 Å². The number of rotatable bonds is 6. The van der Waals surface area contributed by atoms with Crippen LogP contribution in [0.25, 0.3) is 0 Å². The number of carbonyl (C=O) groups is 3. The van der Waals surface area contributed by atoms with Gasteiger partial charge in [0.15, 0.2) is 0 Å². The zero-order valence-corrected chi connectivity index (χ0v) is 18.5. The Morgan fingerprint density at radius 3 is 2.03 bits per heavy atom. The van der Waals surface area contributed by atoms with Gasteiger partial charge in [0.2, 0.25) is 11.8 Å². The Balaban J connectivity index is 2.12. The van der Waals surface area contributed by atoms with Gasteiger partial charge in [0.25, 0.3) is 5.91 Å². The zero-order chi connectivity index (χ0) is 22.5. The third-order valence-corrected chi connectivity index (χ3v) is 4.69. The van der Waals surface area contributed by atoms with Crippen LogP contribution in [0.4, 0.5) is 11.4 Å². The molecular weight excluding hydrogens is 378 g/mol. The van der Waals surface area contributed by atoms with Gasteiger partial charge in [-0.3, -0.25) is 14.4 Å². The molecule has 0 saturated heterocycles. The van der Waals surface area contributed by atoms with E-state index in [9.17, 15) is 14.4 Å². The molecule has 160 valence electrons. The minimum Gasteiger partial charge on any atom is -0.340 e. The molecular formula is C24H31N3O3. The molecule has 2 aromatic carbocycles. The van der Waals surface area contributed by atoms with Crippen LogP contribution in [-0.2, 0) is 9.59 Å².